The van der Waals surface area contributed by atoms with Crippen molar-refractivity contribution < 1.29 is 18.9 Å². The average molecular weight is 379 g/mol. The molecule has 0 spiro atoms. The number of rotatable bonds is 3. The first-order valence-corrected chi connectivity index (χ1v) is 9.83. The SMILES string of the molecule is COc1ccc2c3c(c4ccc(OC)c(OC)c4c2c1)C[C@H]1CCC[N@+]1([O-])C3. The van der Waals surface area contributed by atoms with E-state index < -0.39 is 0 Å². The van der Waals surface area contributed by atoms with E-state index in [0.29, 0.717) is 12.3 Å². The molecule has 3 aromatic rings. The molecular formula is C23H25NO4. The Morgan fingerprint density at radius 2 is 1.75 bits per heavy atom. The summed E-state index contributed by atoms with van der Waals surface area (Å²) in [5.74, 6) is 2.24. The van der Waals surface area contributed by atoms with Crippen LogP contribution < -0.4 is 14.2 Å². The van der Waals surface area contributed by atoms with Gasteiger partial charge < -0.3 is 24.1 Å². The Kier molecular flexibility index (Phi) is 3.93. The Balaban J connectivity index is 1.92. The molecule has 0 aromatic heterocycles. The van der Waals surface area contributed by atoms with Gasteiger partial charge in [-0.15, -0.1) is 0 Å². The summed E-state index contributed by atoms with van der Waals surface area (Å²) in [6.07, 6.45) is 2.86. The number of benzene rings is 3. The number of nitrogens with zero attached hydrogens (tertiary/aromatic N) is 1. The van der Waals surface area contributed by atoms with Gasteiger partial charge in [-0.3, -0.25) is 0 Å². The molecule has 28 heavy (non-hydrogen) atoms. The summed E-state index contributed by atoms with van der Waals surface area (Å²) in [5, 5.41) is 17.8. The molecule has 0 N–H and O–H groups in total. The third-order valence-corrected chi connectivity index (χ3v) is 6.66. The molecule has 0 saturated carbocycles. The first-order valence-electron chi connectivity index (χ1n) is 9.83. The Morgan fingerprint density at radius 3 is 2.50 bits per heavy atom. The number of ether oxygens (including phenoxy) is 3. The van der Waals surface area contributed by atoms with E-state index >= 15 is 0 Å². The molecule has 3 aromatic carbocycles. The van der Waals surface area contributed by atoms with E-state index in [4.69, 9.17) is 14.2 Å². The maximum atomic E-state index is 13.4. The lowest BCUT2D eigenvalue weighted by Gasteiger charge is -2.48. The fourth-order valence-electron chi connectivity index (χ4n) is 5.30. The molecule has 2 atom stereocenters. The predicted octanol–water partition coefficient (Wildman–Crippen LogP) is 4.55. The van der Waals surface area contributed by atoms with Crippen LogP contribution in [0.4, 0.5) is 0 Å². The van der Waals surface area contributed by atoms with E-state index in [1.165, 1.54) is 11.1 Å². The highest BCUT2D eigenvalue weighted by molar-refractivity contribution is 6.14. The summed E-state index contributed by atoms with van der Waals surface area (Å²) >= 11 is 0. The van der Waals surface area contributed by atoms with Gasteiger partial charge >= 0.3 is 0 Å². The second-order valence-electron chi connectivity index (χ2n) is 7.93. The Morgan fingerprint density at radius 1 is 0.929 bits per heavy atom. The zero-order valence-electron chi connectivity index (χ0n) is 16.6. The minimum Gasteiger partial charge on any atom is -0.632 e. The van der Waals surface area contributed by atoms with Gasteiger partial charge in [0, 0.05) is 30.2 Å². The number of quaternary nitrogens is 1. The van der Waals surface area contributed by atoms with Crippen LogP contribution in [0.5, 0.6) is 17.2 Å². The van der Waals surface area contributed by atoms with Crippen molar-refractivity contribution in [2.75, 3.05) is 27.9 Å². The van der Waals surface area contributed by atoms with Crippen molar-refractivity contribution in [3.63, 3.8) is 0 Å². The van der Waals surface area contributed by atoms with Crippen LogP contribution in [0, 0.1) is 5.21 Å². The van der Waals surface area contributed by atoms with Crippen molar-refractivity contribution in [1.82, 2.24) is 0 Å². The zero-order valence-corrected chi connectivity index (χ0v) is 16.6. The lowest BCUT2D eigenvalue weighted by atomic mass is 9.84. The maximum absolute atomic E-state index is 13.4. The number of hydrogen-bond donors (Lipinski definition) is 0. The van der Waals surface area contributed by atoms with Crippen LogP contribution in [0.3, 0.4) is 0 Å². The molecule has 1 saturated heterocycles. The number of hydroxylamine groups is 3. The van der Waals surface area contributed by atoms with Crippen molar-refractivity contribution in [2.24, 2.45) is 0 Å². The number of hydrogen-bond acceptors (Lipinski definition) is 4. The molecule has 0 unspecified atom stereocenters. The topological polar surface area (TPSA) is 50.8 Å². The summed E-state index contributed by atoms with van der Waals surface area (Å²) in [6, 6.07) is 10.4. The van der Waals surface area contributed by atoms with Crippen molar-refractivity contribution in [3.8, 4) is 17.2 Å². The average Bonchev–Trinajstić information content (AvgIpc) is 3.11. The molecule has 0 radical (unpaired) electrons. The standard InChI is InChI=1S/C23H25NO4/c1-26-15-6-7-16-19(12-15)22-17(8-9-21(27-2)23(22)28-3)18-11-14-5-4-10-24(14,25)13-20(16)18/h6-9,12,14H,4-5,10-11,13H2,1-3H3/t14-,24+/m1/s1. The highest BCUT2D eigenvalue weighted by atomic mass is 16.5. The van der Waals surface area contributed by atoms with E-state index in [2.05, 4.69) is 12.1 Å². The van der Waals surface area contributed by atoms with Crippen LogP contribution in [0.25, 0.3) is 21.5 Å². The van der Waals surface area contributed by atoms with Crippen molar-refractivity contribution in [1.29, 1.82) is 0 Å². The zero-order chi connectivity index (χ0) is 19.5. The second kappa shape index (κ2) is 6.26. The van der Waals surface area contributed by atoms with Gasteiger partial charge in [0.15, 0.2) is 11.5 Å². The minimum absolute atomic E-state index is 0.0765. The van der Waals surface area contributed by atoms with E-state index in [1.54, 1.807) is 21.3 Å². The highest BCUT2D eigenvalue weighted by Crippen LogP contribution is 2.48. The van der Waals surface area contributed by atoms with Crippen molar-refractivity contribution >= 4 is 21.5 Å². The van der Waals surface area contributed by atoms with Gasteiger partial charge in [0.2, 0.25) is 0 Å². The van der Waals surface area contributed by atoms with Crippen LogP contribution in [-0.4, -0.2) is 38.6 Å². The van der Waals surface area contributed by atoms with Crippen LogP contribution >= 0.6 is 0 Å². The second-order valence-corrected chi connectivity index (χ2v) is 7.93. The van der Waals surface area contributed by atoms with Crippen LogP contribution in [0.1, 0.15) is 24.0 Å². The maximum Gasteiger partial charge on any atom is 0.169 e. The highest BCUT2D eigenvalue weighted by Gasteiger charge is 2.40. The van der Waals surface area contributed by atoms with E-state index in [9.17, 15) is 5.21 Å². The van der Waals surface area contributed by atoms with Crippen LogP contribution in [-0.2, 0) is 13.0 Å². The molecule has 5 rings (SSSR count). The summed E-state index contributed by atoms with van der Waals surface area (Å²) in [6.45, 7) is 1.28. The summed E-state index contributed by atoms with van der Waals surface area (Å²) in [7, 11) is 5.01. The first kappa shape index (κ1) is 17.6. The van der Waals surface area contributed by atoms with Gasteiger partial charge in [-0.1, -0.05) is 12.1 Å². The summed E-state index contributed by atoms with van der Waals surface area (Å²) in [5.41, 5.74) is 2.48. The van der Waals surface area contributed by atoms with Crippen molar-refractivity contribution in [3.05, 3.63) is 46.7 Å². The third-order valence-electron chi connectivity index (χ3n) is 6.66. The number of fused-ring (bicyclic) bond motifs is 7. The lowest BCUT2D eigenvalue weighted by Crippen LogP contribution is -2.49. The Bertz CT molecular complexity index is 1090. The van der Waals surface area contributed by atoms with Gasteiger partial charge in [0.1, 0.15) is 12.3 Å². The monoisotopic (exact) mass is 379 g/mol. The normalized spacial score (nSPS) is 23.5. The summed E-state index contributed by atoms with van der Waals surface area (Å²) < 4.78 is 16.8. The molecule has 2 heterocycles. The molecular weight excluding hydrogens is 354 g/mol. The van der Waals surface area contributed by atoms with Gasteiger partial charge in [-0.25, -0.2) is 0 Å². The summed E-state index contributed by atoms with van der Waals surface area (Å²) in [4.78, 5) is 0. The molecule has 0 aliphatic carbocycles. The molecule has 1 fully saturated rings. The van der Waals surface area contributed by atoms with Crippen molar-refractivity contribution in [2.45, 2.75) is 31.8 Å². The molecule has 2 aliphatic heterocycles. The Labute approximate surface area is 164 Å². The predicted molar refractivity (Wildman–Crippen MR) is 110 cm³/mol. The largest absolute Gasteiger partial charge is 0.632 e. The fraction of sp³-hybridized carbons (Fsp3) is 0.391. The van der Waals surface area contributed by atoms with Gasteiger partial charge in [-0.2, -0.15) is 0 Å². The fourth-order valence-corrected chi connectivity index (χ4v) is 5.30. The van der Waals surface area contributed by atoms with Gasteiger partial charge in [0.25, 0.3) is 0 Å². The van der Waals surface area contributed by atoms with E-state index in [0.717, 1.165) is 58.9 Å². The van der Waals surface area contributed by atoms with Gasteiger partial charge in [-0.05, 0) is 39.9 Å². The van der Waals surface area contributed by atoms with E-state index in [1.807, 2.05) is 18.2 Å². The minimum atomic E-state index is -0.0765. The van der Waals surface area contributed by atoms with Gasteiger partial charge in [0.05, 0.1) is 33.9 Å². The molecule has 2 aliphatic rings. The van der Waals surface area contributed by atoms with Crippen LogP contribution in [0.15, 0.2) is 30.3 Å². The smallest absolute Gasteiger partial charge is 0.169 e. The first-order chi connectivity index (χ1) is 13.6. The molecule has 5 nitrogen and oxygen atoms in total. The third kappa shape index (κ3) is 2.33. The molecule has 0 bridgehead atoms. The lowest BCUT2D eigenvalue weighted by molar-refractivity contribution is -0.907. The van der Waals surface area contributed by atoms with E-state index in [-0.39, 0.29) is 10.7 Å². The molecule has 5 heteroatoms. The van der Waals surface area contributed by atoms with Crippen LogP contribution in [0.2, 0.25) is 0 Å². The number of methoxy groups -OCH3 is 3. The molecule has 146 valence electrons. The quantitative estimate of drug-likeness (QED) is 0.380. The molecule has 0 amide bonds. The Hall–Kier alpha value is -2.50.